The van der Waals surface area contributed by atoms with E-state index in [2.05, 4.69) is 47.6 Å². The molecule has 3 rings (SSSR count). The second kappa shape index (κ2) is 7.40. The number of hydrogen-bond donors (Lipinski definition) is 1. The molecule has 0 aromatic heterocycles. The predicted molar refractivity (Wildman–Crippen MR) is 96.3 cm³/mol. The number of anilines is 1. The fraction of sp³-hybridized carbons (Fsp3) is 0.333. The summed E-state index contributed by atoms with van der Waals surface area (Å²) < 4.78 is 0. The van der Waals surface area contributed by atoms with Crippen molar-refractivity contribution in [3.63, 3.8) is 0 Å². The molecule has 4 heteroatoms. The van der Waals surface area contributed by atoms with Crippen molar-refractivity contribution in [2.45, 2.75) is 11.4 Å². The van der Waals surface area contributed by atoms with Gasteiger partial charge in [0.15, 0.2) is 0 Å². The Balaban J connectivity index is 1.56. The van der Waals surface area contributed by atoms with E-state index in [0.29, 0.717) is 0 Å². The molecule has 0 atom stereocenters. The smallest absolute Gasteiger partial charge is 0.103 e. The fourth-order valence-corrected chi connectivity index (χ4v) is 3.64. The SMILES string of the molecule is CSc1ccc(C[NH+]2CCN(c3ccccc3Cl)CC2)cc1. The third kappa shape index (κ3) is 3.78. The average molecular weight is 334 g/mol. The van der Waals surface area contributed by atoms with Crippen molar-refractivity contribution >= 4 is 29.1 Å². The monoisotopic (exact) mass is 333 g/mol. The van der Waals surface area contributed by atoms with Crippen molar-refractivity contribution in [2.24, 2.45) is 0 Å². The van der Waals surface area contributed by atoms with Crippen LogP contribution in [0.2, 0.25) is 5.02 Å². The lowest BCUT2D eigenvalue weighted by Gasteiger charge is -2.34. The maximum atomic E-state index is 6.30. The van der Waals surface area contributed by atoms with Gasteiger partial charge < -0.3 is 9.80 Å². The predicted octanol–water partition coefficient (Wildman–Crippen LogP) is 2.97. The van der Waals surface area contributed by atoms with E-state index in [0.717, 1.165) is 37.7 Å². The summed E-state index contributed by atoms with van der Waals surface area (Å²) in [6, 6.07) is 17.1. The highest BCUT2D eigenvalue weighted by Crippen LogP contribution is 2.24. The topological polar surface area (TPSA) is 7.68 Å². The highest BCUT2D eigenvalue weighted by Gasteiger charge is 2.21. The van der Waals surface area contributed by atoms with Crippen molar-refractivity contribution in [3.8, 4) is 0 Å². The number of benzene rings is 2. The first-order chi connectivity index (χ1) is 10.8. The van der Waals surface area contributed by atoms with Crippen LogP contribution in [0.4, 0.5) is 5.69 Å². The Kier molecular flexibility index (Phi) is 5.29. The minimum atomic E-state index is 0.860. The molecule has 22 heavy (non-hydrogen) atoms. The van der Waals surface area contributed by atoms with Gasteiger partial charge in [-0.15, -0.1) is 11.8 Å². The second-order valence-electron chi connectivity index (χ2n) is 5.71. The summed E-state index contributed by atoms with van der Waals surface area (Å²) in [5.41, 5.74) is 2.60. The van der Waals surface area contributed by atoms with Crippen LogP contribution in [0.1, 0.15) is 5.56 Å². The average Bonchev–Trinajstić information content (AvgIpc) is 2.57. The maximum Gasteiger partial charge on any atom is 0.103 e. The summed E-state index contributed by atoms with van der Waals surface area (Å²) in [6.07, 6.45) is 2.12. The van der Waals surface area contributed by atoms with Gasteiger partial charge in [-0.3, -0.25) is 0 Å². The molecule has 1 aliphatic rings. The Morgan fingerprint density at radius 2 is 1.73 bits per heavy atom. The largest absolute Gasteiger partial charge is 0.359 e. The van der Waals surface area contributed by atoms with E-state index in [9.17, 15) is 0 Å². The Bertz CT molecular complexity index is 607. The van der Waals surface area contributed by atoms with E-state index in [1.165, 1.54) is 16.1 Å². The summed E-state index contributed by atoms with van der Waals surface area (Å²) in [5, 5.41) is 0.860. The molecular weight excluding hydrogens is 312 g/mol. The number of nitrogens with zero attached hydrogens (tertiary/aromatic N) is 1. The van der Waals surface area contributed by atoms with E-state index in [1.807, 2.05) is 12.1 Å². The van der Waals surface area contributed by atoms with Crippen LogP contribution >= 0.6 is 23.4 Å². The van der Waals surface area contributed by atoms with Gasteiger partial charge in [-0.05, 0) is 30.5 Å². The normalized spacial score (nSPS) is 16.0. The van der Waals surface area contributed by atoms with Gasteiger partial charge in [0.1, 0.15) is 6.54 Å². The van der Waals surface area contributed by atoms with Gasteiger partial charge in [0.05, 0.1) is 36.9 Å². The van der Waals surface area contributed by atoms with Crippen LogP contribution in [0, 0.1) is 0 Å². The van der Waals surface area contributed by atoms with Crippen molar-refractivity contribution in [3.05, 3.63) is 59.1 Å². The highest BCUT2D eigenvalue weighted by molar-refractivity contribution is 7.98. The van der Waals surface area contributed by atoms with Crippen LogP contribution in [-0.4, -0.2) is 32.4 Å². The third-order valence-corrected chi connectivity index (χ3v) is 5.34. The molecule has 2 nitrogen and oxygen atoms in total. The zero-order valence-corrected chi connectivity index (χ0v) is 14.5. The summed E-state index contributed by atoms with van der Waals surface area (Å²) in [7, 11) is 0. The summed E-state index contributed by atoms with van der Waals surface area (Å²) >= 11 is 8.10. The quantitative estimate of drug-likeness (QED) is 0.860. The van der Waals surface area contributed by atoms with E-state index in [4.69, 9.17) is 11.6 Å². The van der Waals surface area contributed by atoms with Crippen molar-refractivity contribution < 1.29 is 4.90 Å². The van der Waals surface area contributed by atoms with E-state index < -0.39 is 0 Å². The summed E-state index contributed by atoms with van der Waals surface area (Å²) in [4.78, 5) is 5.39. The van der Waals surface area contributed by atoms with Gasteiger partial charge >= 0.3 is 0 Å². The minimum Gasteiger partial charge on any atom is -0.359 e. The molecule has 0 spiro atoms. The number of quaternary nitrogens is 1. The maximum absolute atomic E-state index is 6.30. The van der Waals surface area contributed by atoms with Crippen LogP contribution in [0.5, 0.6) is 0 Å². The number of hydrogen-bond acceptors (Lipinski definition) is 2. The van der Waals surface area contributed by atoms with Crippen molar-refractivity contribution in [1.82, 2.24) is 0 Å². The van der Waals surface area contributed by atoms with E-state index in [1.54, 1.807) is 16.7 Å². The molecule has 0 aliphatic carbocycles. The Morgan fingerprint density at radius 1 is 1.05 bits per heavy atom. The third-order valence-electron chi connectivity index (χ3n) is 4.28. The number of piperazine rings is 1. The Hall–Kier alpha value is -1.16. The lowest BCUT2D eigenvalue weighted by molar-refractivity contribution is -0.914. The van der Waals surface area contributed by atoms with Crippen LogP contribution in [0.3, 0.4) is 0 Å². The lowest BCUT2D eigenvalue weighted by Crippen LogP contribution is -3.13. The van der Waals surface area contributed by atoms with Gasteiger partial charge in [-0.1, -0.05) is 35.9 Å². The summed E-state index contributed by atoms with van der Waals surface area (Å²) in [5.74, 6) is 0. The number of thioether (sulfide) groups is 1. The molecule has 0 amide bonds. The van der Waals surface area contributed by atoms with E-state index >= 15 is 0 Å². The highest BCUT2D eigenvalue weighted by atomic mass is 35.5. The van der Waals surface area contributed by atoms with E-state index in [-0.39, 0.29) is 0 Å². The first-order valence-electron chi connectivity index (χ1n) is 7.72. The minimum absolute atomic E-state index is 0.860. The molecule has 0 saturated carbocycles. The number of nitrogens with one attached hydrogen (secondary N) is 1. The molecule has 1 N–H and O–H groups in total. The molecule has 0 bridgehead atoms. The van der Waals surface area contributed by atoms with Gasteiger partial charge in [0.2, 0.25) is 0 Å². The van der Waals surface area contributed by atoms with Crippen molar-refractivity contribution in [2.75, 3.05) is 37.3 Å². The number of halogens is 1. The van der Waals surface area contributed by atoms with Gasteiger partial charge in [-0.25, -0.2) is 0 Å². The van der Waals surface area contributed by atoms with Gasteiger partial charge in [-0.2, -0.15) is 0 Å². The van der Waals surface area contributed by atoms with Gasteiger partial charge in [0.25, 0.3) is 0 Å². The fourth-order valence-electron chi connectivity index (χ4n) is 2.98. The molecule has 0 unspecified atom stereocenters. The van der Waals surface area contributed by atoms with Crippen molar-refractivity contribution in [1.29, 1.82) is 0 Å². The standard InChI is InChI=1S/C18H21ClN2S/c1-22-16-8-6-15(7-9-16)14-20-10-12-21(13-11-20)18-5-3-2-4-17(18)19/h2-9H,10-14H2,1H3/p+1. The zero-order chi connectivity index (χ0) is 15.4. The van der Waals surface area contributed by atoms with Crippen LogP contribution < -0.4 is 9.80 Å². The molecule has 1 saturated heterocycles. The number of rotatable bonds is 4. The first-order valence-corrected chi connectivity index (χ1v) is 9.32. The van der Waals surface area contributed by atoms with Crippen LogP contribution in [-0.2, 0) is 6.54 Å². The first kappa shape index (κ1) is 15.7. The lowest BCUT2D eigenvalue weighted by atomic mass is 10.2. The van der Waals surface area contributed by atoms with Gasteiger partial charge in [0, 0.05) is 10.5 Å². The molecular formula is C18H22ClN2S+. The molecule has 1 heterocycles. The molecule has 2 aromatic rings. The Morgan fingerprint density at radius 3 is 2.36 bits per heavy atom. The summed E-state index contributed by atoms with van der Waals surface area (Å²) in [6.45, 7) is 5.58. The van der Waals surface area contributed by atoms with Crippen LogP contribution in [0.15, 0.2) is 53.4 Å². The molecule has 0 radical (unpaired) electrons. The number of para-hydroxylation sites is 1. The van der Waals surface area contributed by atoms with Crippen LogP contribution in [0.25, 0.3) is 0 Å². The molecule has 1 fully saturated rings. The Labute approximate surface area is 142 Å². The molecule has 116 valence electrons. The molecule has 1 aliphatic heterocycles. The molecule has 2 aromatic carbocycles. The zero-order valence-electron chi connectivity index (χ0n) is 12.9. The second-order valence-corrected chi connectivity index (χ2v) is 7.00.